The first-order chi connectivity index (χ1) is 10.7. The molecule has 0 aromatic heterocycles. The molecule has 3 aromatic carbocycles. The van der Waals surface area contributed by atoms with Crippen LogP contribution in [0, 0.1) is 0 Å². The van der Waals surface area contributed by atoms with Gasteiger partial charge in [-0.3, -0.25) is 0 Å². The molecule has 0 fully saturated rings. The minimum atomic E-state index is -1.59. The minimum absolute atomic E-state index is 0.422. The van der Waals surface area contributed by atoms with Gasteiger partial charge in [0.1, 0.15) is 8.07 Å². The second-order valence-electron chi connectivity index (χ2n) is 6.33. The molecular formula is C20H19PSi. The van der Waals surface area contributed by atoms with Crippen molar-refractivity contribution in [3.63, 3.8) is 0 Å². The normalized spacial score (nSPS) is 15.9. The average Bonchev–Trinajstić information content (AvgIpc) is 2.56. The van der Waals surface area contributed by atoms with Gasteiger partial charge in [0.2, 0.25) is 0 Å². The third-order valence-corrected chi connectivity index (χ3v) is 11.2. The van der Waals surface area contributed by atoms with E-state index in [1.54, 1.807) is 21.0 Å². The van der Waals surface area contributed by atoms with Crippen molar-refractivity contribution in [1.29, 1.82) is 0 Å². The average molecular weight is 318 g/mol. The maximum Gasteiger partial charge on any atom is 0.113 e. The zero-order chi connectivity index (χ0) is 15.2. The molecule has 0 saturated heterocycles. The molecule has 0 nitrogen and oxygen atoms in total. The van der Waals surface area contributed by atoms with E-state index in [-0.39, 0.29) is 0 Å². The molecular weight excluding hydrogens is 299 g/mol. The predicted molar refractivity (Wildman–Crippen MR) is 102 cm³/mol. The Kier molecular flexibility index (Phi) is 3.29. The van der Waals surface area contributed by atoms with E-state index in [1.807, 2.05) is 0 Å². The van der Waals surface area contributed by atoms with Gasteiger partial charge in [-0.2, -0.15) is 0 Å². The standard InChI is InChI=1S/C20H19PSi/c1-22(2)19-14-8-6-12-17(19)21(16-10-4-3-5-11-16)18-13-7-9-15-20(18)22/h3-15H,1-2H3. The molecule has 0 radical (unpaired) electrons. The zero-order valence-electron chi connectivity index (χ0n) is 13.0. The van der Waals surface area contributed by atoms with E-state index in [0.29, 0.717) is 0 Å². The Morgan fingerprint density at radius 2 is 1.05 bits per heavy atom. The smallest absolute Gasteiger partial charge is 0.0623 e. The van der Waals surface area contributed by atoms with Gasteiger partial charge < -0.3 is 0 Å². The molecule has 4 rings (SSSR count). The summed E-state index contributed by atoms with van der Waals surface area (Å²) in [5, 5.41) is 7.83. The van der Waals surface area contributed by atoms with Gasteiger partial charge in [0.15, 0.2) is 0 Å². The van der Waals surface area contributed by atoms with Gasteiger partial charge >= 0.3 is 0 Å². The van der Waals surface area contributed by atoms with Gasteiger partial charge in [-0.1, -0.05) is 92.0 Å². The summed E-state index contributed by atoms with van der Waals surface area (Å²) < 4.78 is 0. The first-order valence-corrected chi connectivity index (χ1v) is 12.1. The lowest BCUT2D eigenvalue weighted by Crippen LogP contribution is -2.66. The lowest BCUT2D eigenvalue weighted by Gasteiger charge is -2.38. The zero-order valence-corrected chi connectivity index (χ0v) is 14.8. The highest BCUT2D eigenvalue weighted by Crippen LogP contribution is 2.35. The topological polar surface area (TPSA) is 0 Å². The van der Waals surface area contributed by atoms with Crippen molar-refractivity contribution in [3.8, 4) is 0 Å². The molecule has 0 saturated carbocycles. The van der Waals surface area contributed by atoms with Crippen molar-refractivity contribution in [2.75, 3.05) is 0 Å². The first kappa shape index (κ1) is 13.9. The fraction of sp³-hybridized carbons (Fsp3) is 0.100. The Hall–Kier alpha value is -1.69. The first-order valence-electron chi connectivity index (χ1n) is 7.74. The van der Waals surface area contributed by atoms with E-state index in [1.165, 1.54) is 5.30 Å². The third kappa shape index (κ3) is 2.00. The van der Waals surface area contributed by atoms with E-state index >= 15 is 0 Å². The molecule has 1 heterocycles. The summed E-state index contributed by atoms with van der Waals surface area (Å²) in [4.78, 5) is 0. The largest absolute Gasteiger partial charge is 0.113 e. The van der Waals surface area contributed by atoms with Crippen molar-refractivity contribution in [1.82, 2.24) is 0 Å². The molecule has 3 aromatic rings. The van der Waals surface area contributed by atoms with Crippen LogP contribution in [0.4, 0.5) is 0 Å². The highest BCUT2D eigenvalue weighted by Gasteiger charge is 2.38. The molecule has 1 aliphatic rings. The second kappa shape index (κ2) is 5.19. The molecule has 0 bridgehead atoms. The van der Waals surface area contributed by atoms with Crippen LogP contribution in [0.5, 0.6) is 0 Å². The van der Waals surface area contributed by atoms with Crippen molar-refractivity contribution in [3.05, 3.63) is 78.9 Å². The Labute approximate surface area is 134 Å². The SMILES string of the molecule is C[Si]1(C)c2ccccc2P(c2ccccc2)c2ccccc21. The predicted octanol–water partition coefficient (Wildman–Crippen LogP) is 2.58. The van der Waals surface area contributed by atoms with Crippen LogP contribution in [0.15, 0.2) is 78.9 Å². The molecule has 0 aliphatic carbocycles. The van der Waals surface area contributed by atoms with Crippen LogP contribution in [0.3, 0.4) is 0 Å². The summed E-state index contributed by atoms with van der Waals surface area (Å²) >= 11 is 0. The summed E-state index contributed by atoms with van der Waals surface area (Å²) in [5.74, 6) is 0. The summed E-state index contributed by atoms with van der Waals surface area (Å²) in [7, 11) is -2.01. The number of benzene rings is 3. The summed E-state index contributed by atoms with van der Waals surface area (Å²) in [6, 6.07) is 29.3. The van der Waals surface area contributed by atoms with Crippen molar-refractivity contribution in [2.24, 2.45) is 0 Å². The van der Waals surface area contributed by atoms with E-state index in [2.05, 4.69) is 92.0 Å². The van der Waals surface area contributed by atoms with Crippen LogP contribution in [-0.2, 0) is 0 Å². The van der Waals surface area contributed by atoms with E-state index < -0.39 is 16.0 Å². The molecule has 0 N–H and O–H groups in total. The molecule has 108 valence electrons. The maximum absolute atomic E-state index is 2.49. The Morgan fingerprint density at radius 3 is 1.59 bits per heavy atom. The second-order valence-corrected chi connectivity index (χ2v) is 12.8. The van der Waals surface area contributed by atoms with Gasteiger partial charge in [-0.15, -0.1) is 0 Å². The monoisotopic (exact) mass is 318 g/mol. The highest BCUT2D eigenvalue weighted by molar-refractivity contribution is 7.81. The summed E-state index contributed by atoms with van der Waals surface area (Å²) in [5.41, 5.74) is 0. The summed E-state index contributed by atoms with van der Waals surface area (Å²) in [6.07, 6.45) is 0. The highest BCUT2D eigenvalue weighted by atomic mass is 31.1. The van der Waals surface area contributed by atoms with E-state index in [0.717, 1.165) is 0 Å². The number of fused-ring (bicyclic) bond motifs is 2. The lowest BCUT2D eigenvalue weighted by atomic mass is 10.3. The molecule has 0 atom stereocenters. The van der Waals surface area contributed by atoms with Crippen LogP contribution in [0.25, 0.3) is 0 Å². The van der Waals surface area contributed by atoms with Gasteiger partial charge in [-0.05, 0) is 34.2 Å². The van der Waals surface area contributed by atoms with Crippen LogP contribution in [-0.4, -0.2) is 8.07 Å². The Morgan fingerprint density at radius 1 is 0.591 bits per heavy atom. The number of hydrogen-bond acceptors (Lipinski definition) is 0. The fourth-order valence-corrected chi connectivity index (χ4v) is 11.0. The third-order valence-electron chi connectivity index (χ3n) is 4.65. The Bertz CT molecular complexity index is 774. The molecule has 0 unspecified atom stereocenters. The van der Waals surface area contributed by atoms with Crippen LogP contribution < -0.4 is 26.3 Å². The molecule has 1 aliphatic heterocycles. The quantitative estimate of drug-likeness (QED) is 0.478. The van der Waals surface area contributed by atoms with Crippen molar-refractivity contribution < 1.29 is 0 Å². The fourth-order valence-electron chi connectivity index (χ4n) is 3.52. The number of hydrogen-bond donors (Lipinski definition) is 0. The van der Waals surface area contributed by atoms with Crippen molar-refractivity contribution >= 4 is 42.3 Å². The molecule has 2 heteroatoms. The lowest BCUT2D eigenvalue weighted by molar-refractivity contribution is 1.69. The van der Waals surface area contributed by atoms with E-state index in [4.69, 9.17) is 0 Å². The van der Waals surface area contributed by atoms with Crippen LogP contribution in [0.2, 0.25) is 13.1 Å². The molecule has 0 amide bonds. The van der Waals surface area contributed by atoms with Crippen LogP contribution in [0.1, 0.15) is 0 Å². The molecule has 0 spiro atoms. The van der Waals surface area contributed by atoms with Crippen LogP contribution >= 0.6 is 7.92 Å². The molecule has 22 heavy (non-hydrogen) atoms. The Balaban J connectivity index is 2.05. The van der Waals surface area contributed by atoms with Gasteiger partial charge in [0.25, 0.3) is 0 Å². The van der Waals surface area contributed by atoms with Gasteiger partial charge in [-0.25, -0.2) is 0 Å². The van der Waals surface area contributed by atoms with Gasteiger partial charge in [0, 0.05) is 0 Å². The number of rotatable bonds is 1. The van der Waals surface area contributed by atoms with E-state index in [9.17, 15) is 0 Å². The maximum atomic E-state index is 2.49. The van der Waals surface area contributed by atoms with Gasteiger partial charge in [0.05, 0.1) is 0 Å². The minimum Gasteiger partial charge on any atom is -0.0623 e. The van der Waals surface area contributed by atoms with Crippen molar-refractivity contribution in [2.45, 2.75) is 13.1 Å². The summed E-state index contributed by atoms with van der Waals surface area (Å²) in [6.45, 7) is 4.98.